The average Bonchev–Trinajstić information content (AvgIpc) is 2.78. The normalized spacial score (nSPS) is 11.5. The number of hydrogen-bond donors (Lipinski definition) is 0. The average molecular weight is 448 g/mol. The second-order valence-electron chi connectivity index (χ2n) is 6.53. The van der Waals surface area contributed by atoms with Crippen molar-refractivity contribution in [2.75, 3.05) is 20.8 Å². The van der Waals surface area contributed by atoms with E-state index in [1.54, 1.807) is 14.0 Å². The molecule has 9 heteroatoms. The SMILES string of the molecule is CCOC(=O)c1ccc(S[C@@H](CCCc2ccc(OC)cc2)C(=O)OC)c([N+](=O)[O-])c1. The van der Waals surface area contributed by atoms with E-state index in [1.165, 1.54) is 25.3 Å². The molecule has 0 spiro atoms. The largest absolute Gasteiger partial charge is 0.497 e. The Morgan fingerprint density at radius 3 is 2.42 bits per heavy atom. The maximum Gasteiger partial charge on any atom is 0.338 e. The van der Waals surface area contributed by atoms with Crippen molar-refractivity contribution >= 4 is 29.4 Å². The molecule has 31 heavy (non-hydrogen) atoms. The number of benzene rings is 2. The number of hydrogen-bond acceptors (Lipinski definition) is 8. The third-order valence-electron chi connectivity index (χ3n) is 4.49. The molecule has 0 radical (unpaired) electrons. The van der Waals surface area contributed by atoms with E-state index in [9.17, 15) is 19.7 Å². The number of thioether (sulfide) groups is 1. The van der Waals surface area contributed by atoms with Crippen LogP contribution in [-0.4, -0.2) is 42.9 Å². The van der Waals surface area contributed by atoms with E-state index in [-0.39, 0.29) is 22.8 Å². The molecule has 0 heterocycles. The van der Waals surface area contributed by atoms with Gasteiger partial charge in [0.1, 0.15) is 11.0 Å². The van der Waals surface area contributed by atoms with Crippen molar-refractivity contribution < 1.29 is 28.7 Å². The molecule has 0 aliphatic heterocycles. The molecule has 8 nitrogen and oxygen atoms in total. The predicted molar refractivity (Wildman–Crippen MR) is 117 cm³/mol. The first-order chi connectivity index (χ1) is 14.9. The fourth-order valence-corrected chi connectivity index (χ4v) is 4.08. The van der Waals surface area contributed by atoms with Gasteiger partial charge in [0.15, 0.2) is 0 Å². The Bertz CT molecular complexity index is 915. The van der Waals surface area contributed by atoms with Gasteiger partial charge in [-0.25, -0.2) is 4.79 Å². The number of nitro groups is 1. The molecule has 2 rings (SSSR count). The molecule has 2 aromatic rings. The van der Waals surface area contributed by atoms with E-state index in [2.05, 4.69) is 0 Å². The van der Waals surface area contributed by atoms with Crippen LogP contribution in [0.25, 0.3) is 0 Å². The second-order valence-corrected chi connectivity index (χ2v) is 7.77. The zero-order chi connectivity index (χ0) is 22.8. The summed E-state index contributed by atoms with van der Waals surface area (Å²) in [7, 11) is 2.89. The minimum atomic E-state index is -0.633. The quantitative estimate of drug-likeness (QED) is 0.215. The summed E-state index contributed by atoms with van der Waals surface area (Å²) in [6.45, 7) is 1.82. The van der Waals surface area contributed by atoms with E-state index < -0.39 is 22.1 Å². The topological polar surface area (TPSA) is 105 Å². The van der Waals surface area contributed by atoms with Crippen molar-refractivity contribution in [3.05, 3.63) is 63.7 Å². The van der Waals surface area contributed by atoms with Gasteiger partial charge >= 0.3 is 11.9 Å². The van der Waals surface area contributed by atoms with Gasteiger partial charge in [0, 0.05) is 6.07 Å². The van der Waals surface area contributed by atoms with Gasteiger partial charge in [-0.15, -0.1) is 11.8 Å². The van der Waals surface area contributed by atoms with Gasteiger partial charge < -0.3 is 14.2 Å². The molecule has 0 aliphatic rings. The van der Waals surface area contributed by atoms with Crippen LogP contribution in [0.15, 0.2) is 47.4 Å². The second kappa shape index (κ2) is 11.9. The number of carbonyl (C=O) groups excluding carboxylic acids is 2. The number of methoxy groups -OCH3 is 2. The summed E-state index contributed by atoms with van der Waals surface area (Å²) in [4.78, 5) is 35.4. The highest BCUT2D eigenvalue weighted by atomic mass is 32.2. The monoisotopic (exact) mass is 447 g/mol. The van der Waals surface area contributed by atoms with Crippen LogP contribution in [0.5, 0.6) is 5.75 Å². The first kappa shape index (κ1) is 24.2. The summed E-state index contributed by atoms with van der Waals surface area (Å²) in [5.41, 5.74) is 0.936. The standard InChI is InChI=1S/C22H25NO7S/c1-4-30-21(24)16-10-13-19(18(14-16)23(26)27)31-20(22(25)29-3)7-5-6-15-8-11-17(28-2)12-9-15/h8-14,20H,4-7H2,1-3H3/t20-/m0/s1. The van der Waals surface area contributed by atoms with E-state index in [0.717, 1.165) is 29.5 Å². The van der Waals surface area contributed by atoms with Crippen LogP contribution in [0, 0.1) is 10.1 Å². The van der Waals surface area contributed by atoms with Crippen LogP contribution in [0.1, 0.15) is 35.7 Å². The summed E-state index contributed by atoms with van der Waals surface area (Å²) in [6, 6.07) is 11.8. The molecule has 166 valence electrons. The van der Waals surface area contributed by atoms with E-state index in [4.69, 9.17) is 14.2 Å². The summed E-state index contributed by atoms with van der Waals surface area (Å²) < 4.78 is 14.9. The highest BCUT2D eigenvalue weighted by molar-refractivity contribution is 8.00. The molecule has 2 aromatic carbocycles. The van der Waals surface area contributed by atoms with Crippen LogP contribution in [0.4, 0.5) is 5.69 Å². The van der Waals surface area contributed by atoms with Crippen molar-refractivity contribution in [3.63, 3.8) is 0 Å². The minimum absolute atomic E-state index is 0.0898. The summed E-state index contributed by atoms with van der Waals surface area (Å²) in [6.07, 6.45) is 1.90. The number of carbonyl (C=O) groups is 2. The molecule has 0 saturated carbocycles. The van der Waals surface area contributed by atoms with Crippen molar-refractivity contribution in [2.24, 2.45) is 0 Å². The Morgan fingerprint density at radius 1 is 1.13 bits per heavy atom. The van der Waals surface area contributed by atoms with E-state index >= 15 is 0 Å². The highest BCUT2D eigenvalue weighted by Gasteiger charge is 2.26. The van der Waals surface area contributed by atoms with Gasteiger partial charge in [-0.3, -0.25) is 14.9 Å². The summed E-state index contributed by atoms with van der Waals surface area (Å²) in [5.74, 6) is -0.319. The van der Waals surface area contributed by atoms with Gasteiger partial charge in [-0.1, -0.05) is 12.1 Å². The van der Waals surface area contributed by atoms with Crippen LogP contribution in [0.2, 0.25) is 0 Å². The minimum Gasteiger partial charge on any atom is -0.497 e. The molecule has 0 saturated heterocycles. The summed E-state index contributed by atoms with van der Waals surface area (Å²) in [5, 5.41) is 10.9. The van der Waals surface area contributed by atoms with Gasteiger partial charge in [-0.05, 0) is 56.0 Å². The lowest BCUT2D eigenvalue weighted by atomic mass is 10.1. The van der Waals surface area contributed by atoms with Crippen LogP contribution in [-0.2, 0) is 20.7 Å². The Morgan fingerprint density at radius 2 is 1.84 bits per heavy atom. The van der Waals surface area contributed by atoms with Crippen LogP contribution >= 0.6 is 11.8 Å². The molecule has 0 aromatic heterocycles. The van der Waals surface area contributed by atoms with Crippen LogP contribution < -0.4 is 4.74 Å². The third kappa shape index (κ3) is 6.99. The number of esters is 2. The Hall–Kier alpha value is -3.07. The Labute approximate surface area is 185 Å². The van der Waals surface area contributed by atoms with E-state index in [0.29, 0.717) is 12.8 Å². The molecule has 0 amide bonds. The fraction of sp³-hybridized carbons (Fsp3) is 0.364. The number of rotatable bonds is 11. The lowest BCUT2D eigenvalue weighted by molar-refractivity contribution is -0.387. The number of nitrogens with zero attached hydrogens (tertiary/aromatic N) is 1. The Kier molecular flexibility index (Phi) is 9.33. The molecule has 0 N–H and O–H groups in total. The van der Waals surface area contributed by atoms with Gasteiger partial charge in [-0.2, -0.15) is 0 Å². The lowest BCUT2D eigenvalue weighted by Crippen LogP contribution is -2.19. The van der Waals surface area contributed by atoms with Crippen molar-refractivity contribution in [1.29, 1.82) is 0 Å². The first-order valence-electron chi connectivity index (χ1n) is 9.72. The molecule has 0 unspecified atom stereocenters. The molecular formula is C22H25NO7S. The fourth-order valence-electron chi connectivity index (χ4n) is 2.89. The van der Waals surface area contributed by atoms with Crippen molar-refractivity contribution in [3.8, 4) is 5.75 Å². The first-order valence-corrected chi connectivity index (χ1v) is 10.6. The molecular weight excluding hydrogens is 422 g/mol. The van der Waals surface area contributed by atoms with Gasteiger partial charge in [0.05, 0.1) is 36.2 Å². The number of ether oxygens (including phenoxy) is 3. The predicted octanol–water partition coefficient (Wildman–Crippen LogP) is 4.44. The zero-order valence-electron chi connectivity index (χ0n) is 17.7. The molecule has 0 bridgehead atoms. The maximum absolute atomic E-state index is 12.3. The van der Waals surface area contributed by atoms with E-state index in [1.807, 2.05) is 24.3 Å². The third-order valence-corrected chi connectivity index (χ3v) is 5.80. The number of nitro benzene ring substituents is 1. The summed E-state index contributed by atoms with van der Waals surface area (Å²) >= 11 is 1.06. The highest BCUT2D eigenvalue weighted by Crippen LogP contribution is 2.35. The zero-order valence-corrected chi connectivity index (χ0v) is 18.5. The molecule has 1 atom stereocenters. The molecule has 0 aliphatic carbocycles. The van der Waals surface area contributed by atoms with Crippen molar-refractivity contribution in [1.82, 2.24) is 0 Å². The van der Waals surface area contributed by atoms with Crippen molar-refractivity contribution in [2.45, 2.75) is 36.3 Å². The Balaban J connectivity index is 2.12. The van der Waals surface area contributed by atoms with Gasteiger partial charge in [0.25, 0.3) is 5.69 Å². The van der Waals surface area contributed by atoms with Crippen LogP contribution in [0.3, 0.4) is 0 Å². The smallest absolute Gasteiger partial charge is 0.338 e. The van der Waals surface area contributed by atoms with Gasteiger partial charge in [0.2, 0.25) is 0 Å². The maximum atomic E-state index is 12.3. The number of aryl methyl sites for hydroxylation is 1. The molecule has 0 fully saturated rings. The lowest BCUT2D eigenvalue weighted by Gasteiger charge is -2.15.